The second-order valence-electron chi connectivity index (χ2n) is 5.25. The minimum atomic E-state index is -0.0955. The van der Waals surface area contributed by atoms with Gasteiger partial charge in [0.05, 0.1) is 6.54 Å². The molecule has 4 N–H and O–H groups in total. The van der Waals surface area contributed by atoms with Gasteiger partial charge in [-0.3, -0.25) is 9.79 Å². The maximum absolute atomic E-state index is 11.9. The predicted octanol–water partition coefficient (Wildman–Crippen LogP) is 3.77. The first-order valence-electron chi connectivity index (χ1n) is 7.78. The molecule has 0 atom stereocenters. The molecular formula is C18H21BrN4O. The SMILES string of the molecule is CCc1cccc(NC(N)=NCCC(=O)Nc2ccc(Br)cc2)c1. The molecule has 0 radical (unpaired) electrons. The largest absolute Gasteiger partial charge is 0.370 e. The average molecular weight is 389 g/mol. The van der Waals surface area contributed by atoms with Crippen molar-refractivity contribution in [2.45, 2.75) is 19.8 Å². The van der Waals surface area contributed by atoms with Gasteiger partial charge in [0.2, 0.25) is 5.91 Å². The second-order valence-corrected chi connectivity index (χ2v) is 6.17. The highest BCUT2D eigenvalue weighted by molar-refractivity contribution is 9.10. The fourth-order valence-electron chi connectivity index (χ4n) is 2.09. The molecule has 2 rings (SSSR count). The summed E-state index contributed by atoms with van der Waals surface area (Å²) in [4.78, 5) is 16.1. The second kappa shape index (κ2) is 9.08. The van der Waals surface area contributed by atoms with Gasteiger partial charge in [-0.1, -0.05) is 35.0 Å². The lowest BCUT2D eigenvalue weighted by atomic mass is 10.1. The van der Waals surface area contributed by atoms with Crippen molar-refractivity contribution in [2.24, 2.45) is 10.7 Å². The van der Waals surface area contributed by atoms with Gasteiger partial charge in [0.15, 0.2) is 5.96 Å². The van der Waals surface area contributed by atoms with E-state index in [2.05, 4.69) is 44.5 Å². The topological polar surface area (TPSA) is 79.5 Å². The zero-order valence-electron chi connectivity index (χ0n) is 13.6. The summed E-state index contributed by atoms with van der Waals surface area (Å²) in [5.41, 5.74) is 8.74. The molecule has 0 aliphatic heterocycles. The molecule has 24 heavy (non-hydrogen) atoms. The Kier molecular flexibility index (Phi) is 6.81. The highest BCUT2D eigenvalue weighted by Gasteiger charge is 2.02. The molecule has 0 heterocycles. The average Bonchev–Trinajstić information content (AvgIpc) is 2.57. The van der Waals surface area contributed by atoms with Crippen molar-refractivity contribution in [1.82, 2.24) is 0 Å². The van der Waals surface area contributed by atoms with E-state index in [1.54, 1.807) is 0 Å². The van der Waals surface area contributed by atoms with E-state index >= 15 is 0 Å². The van der Waals surface area contributed by atoms with Crippen molar-refractivity contribution in [2.75, 3.05) is 17.2 Å². The number of aliphatic imine (C=N–C) groups is 1. The number of carbonyl (C=O) groups is 1. The number of carbonyl (C=O) groups excluding carboxylic acids is 1. The molecule has 126 valence electrons. The Morgan fingerprint density at radius 3 is 2.58 bits per heavy atom. The molecule has 5 nitrogen and oxygen atoms in total. The number of nitrogens with one attached hydrogen (secondary N) is 2. The summed E-state index contributed by atoms with van der Waals surface area (Å²) in [6.45, 7) is 2.43. The standard InChI is InChI=1S/C18H21BrN4O/c1-2-13-4-3-5-16(12-13)23-18(20)21-11-10-17(24)22-15-8-6-14(19)7-9-15/h3-9,12H,2,10-11H2,1H3,(H,22,24)(H3,20,21,23). The van der Waals surface area contributed by atoms with Crippen molar-refractivity contribution >= 4 is 39.2 Å². The molecule has 1 amide bonds. The Morgan fingerprint density at radius 2 is 1.88 bits per heavy atom. The van der Waals surface area contributed by atoms with Crippen molar-refractivity contribution in [3.05, 3.63) is 58.6 Å². The van der Waals surface area contributed by atoms with Gasteiger partial charge in [0.1, 0.15) is 0 Å². The van der Waals surface area contributed by atoms with Gasteiger partial charge in [-0.05, 0) is 48.4 Å². The molecule has 0 aliphatic rings. The summed E-state index contributed by atoms with van der Waals surface area (Å²) in [7, 11) is 0. The molecule has 0 fully saturated rings. The van der Waals surface area contributed by atoms with Crippen LogP contribution in [0, 0.1) is 0 Å². The number of anilines is 2. The highest BCUT2D eigenvalue weighted by atomic mass is 79.9. The van der Waals surface area contributed by atoms with Gasteiger partial charge in [-0.25, -0.2) is 0 Å². The van der Waals surface area contributed by atoms with Crippen LogP contribution in [-0.4, -0.2) is 18.4 Å². The van der Waals surface area contributed by atoms with E-state index in [4.69, 9.17) is 5.73 Å². The lowest BCUT2D eigenvalue weighted by molar-refractivity contribution is -0.116. The number of nitrogens with zero attached hydrogens (tertiary/aromatic N) is 1. The first-order valence-corrected chi connectivity index (χ1v) is 8.57. The number of nitrogens with two attached hydrogens (primary N) is 1. The van der Waals surface area contributed by atoms with Crippen LogP contribution in [-0.2, 0) is 11.2 Å². The molecular weight excluding hydrogens is 368 g/mol. The predicted molar refractivity (Wildman–Crippen MR) is 103 cm³/mol. The first kappa shape index (κ1) is 18.0. The Bertz CT molecular complexity index is 713. The molecule has 0 bridgehead atoms. The molecule has 0 aliphatic carbocycles. The Hall–Kier alpha value is -2.34. The van der Waals surface area contributed by atoms with E-state index in [9.17, 15) is 4.79 Å². The minimum absolute atomic E-state index is 0.0955. The molecule has 0 unspecified atom stereocenters. The molecule has 0 saturated heterocycles. The third-order valence-electron chi connectivity index (χ3n) is 3.36. The molecule has 6 heteroatoms. The van der Waals surface area contributed by atoms with E-state index in [0.29, 0.717) is 12.5 Å². The summed E-state index contributed by atoms with van der Waals surface area (Å²) in [6.07, 6.45) is 1.23. The number of hydrogen-bond acceptors (Lipinski definition) is 2. The van der Waals surface area contributed by atoms with Crippen LogP contribution in [0.1, 0.15) is 18.9 Å². The van der Waals surface area contributed by atoms with Gasteiger partial charge in [0, 0.05) is 22.3 Å². The number of amides is 1. The Balaban J connectivity index is 1.79. The quantitative estimate of drug-likeness (QED) is 0.520. The number of guanidine groups is 1. The number of rotatable bonds is 6. The van der Waals surface area contributed by atoms with Crippen LogP contribution in [0.4, 0.5) is 11.4 Å². The van der Waals surface area contributed by atoms with Crippen LogP contribution in [0.2, 0.25) is 0 Å². The van der Waals surface area contributed by atoms with Gasteiger partial charge in [-0.2, -0.15) is 0 Å². The molecule has 0 spiro atoms. The highest BCUT2D eigenvalue weighted by Crippen LogP contribution is 2.14. The molecule has 2 aromatic rings. The smallest absolute Gasteiger partial charge is 0.226 e. The number of hydrogen-bond donors (Lipinski definition) is 3. The summed E-state index contributed by atoms with van der Waals surface area (Å²) in [5, 5.41) is 5.85. The van der Waals surface area contributed by atoms with Gasteiger partial charge >= 0.3 is 0 Å². The van der Waals surface area contributed by atoms with E-state index in [-0.39, 0.29) is 12.3 Å². The minimum Gasteiger partial charge on any atom is -0.370 e. The zero-order chi connectivity index (χ0) is 17.4. The maximum Gasteiger partial charge on any atom is 0.226 e. The fraction of sp³-hybridized carbons (Fsp3) is 0.222. The molecule has 2 aromatic carbocycles. The maximum atomic E-state index is 11.9. The monoisotopic (exact) mass is 388 g/mol. The molecule has 0 aromatic heterocycles. The number of benzene rings is 2. The van der Waals surface area contributed by atoms with E-state index in [0.717, 1.165) is 22.3 Å². The van der Waals surface area contributed by atoms with Gasteiger partial charge < -0.3 is 16.4 Å². The van der Waals surface area contributed by atoms with Crippen LogP contribution in [0.25, 0.3) is 0 Å². The summed E-state index contributed by atoms with van der Waals surface area (Å²) < 4.78 is 0.969. The van der Waals surface area contributed by atoms with Crippen LogP contribution >= 0.6 is 15.9 Å². The lowest BCUT2D eigenvalue weighted by Gasteiger charge is -2.07. The first-order chi connectivity index (χ1) is 11.6. The number of halogens is 1. The van der Waals surface area contributed by atoms with E-state index in [1.165, 1.54) is 5.56 Å². The Morgan fingerprint density at radius 1 is 1.12 bits per heavy atom. The van der Waals surface area contributed by atoms with Gasteiger partial charge in [0.25, 0.3) is 0 Å². The summed E-state index contributed by atoms with van der Waals surface area (Å²) in [5.74, 6) is 0.210. The van der Waals surface area contributed by atoms with Crippen molar-refractivity contribution in [3.8, 4) is 0 Å². The Labute approximate surface area is 150 Å². The van der Waals surface area contributed by atoms with E-state index in [1.807, 2.05) is 42.5 Å². The van der Waals surface area contributed by atoms with Crippen LogP contribution in [0.15, 0.2) is 58.0 Å². The number of aryl methyl sites for hydroxylation is 1. The van der Waals surface area contributed by atoms with Crippen molar-refractivity contribution in [3.63, 3.8) is 0 Å². The zero-order valence-corrected chi connectivity index (χ0v) is 15.1. The summed E-state index contributed by atoms with van der Waals surface area (Å²) in [6, 6.07) is 15.4. The van der Waals surface area contributed by atoms with Crippen LogP contribution in [0.5, 0.6) is 0 Å². The fourth-order valence-corrected chi connectivity index (χ4v) is 2.36. The molecule has 0 saturated carbocycles. The van der Waals surface area contributed by atoms with Crippen molar-refractivity contribution < 1.29 is 4.79 Å². The third kappa shape index (κ3) is 6.04. The lowest BCUT2D eigenvalue weighted by Crippen LogP contribution is -2.23. The van der Waals surface area contributed by atoms with Gasteiger partial charge in [-0.15, -0.1) is 0 Å². The van der Waals surface area contributed by atoms with Crippen LogP contribution < -0.4 is 16.4 Å². The van der Waals surface area contributed by atoms with E-state index < -0.39 is 0 Å². The normalized spacial score (nSPS) is 11.2. The van der Waals surface area contributed by atoms with Crippen molar-refractivity contribution in [1.29, 1.82) is 0 Å². The summed E-state index contributed by atoms with van der Waals surface area (Å²) >= 11 is 3.35. The third-order valence-corrected chi connectivity index (χ3v) is 3.89. The van der Waals surface area contributed by atoms with Crippen LogP contribution in [0.3, 0.4) is 0 Å².